The second kappa shape index (κ2) is 6.24. The fourth-order valence-corrected chi connectivity index (χ4v) is 1.84. The Bertz CT molecular complexity index is 358. The maximum atomic E-state index is 4.61. The normalized spacial score (nSPS) is 11.6. The lowest BCUT2D eigenvalue weighted by molar-refractivity contribution is 0.545. The van der Waals surface area contributed by atoms with Crippen molar-refractivity contribution in [3.05, 3.63) is 17.6 Å². The number of hydrogen-bond donors (Lipinski definition) is 1. The van der Waals surface area contributed by atoms with Gasteiger partial charge in [-0.2, -0.15) is 11.8 Å². The number of nitrogens with zero attached hydrogens (tertiary/aromatic N) is 2. The zero-order valence-electron chi connectivity index (χ0n) is 11.5. The molecule has 0 bridgehead atoms. The largest absolute Gasteiger partial charge is 0.370 e. The number of aryl methyl sites for hydroxylation is 1. The molecule has 0 aliphatic heterocycles. The van der Waals surface area contributed by atoms with Crippen molar-refractivity contribution in [1.82, 2.24) is 9.97 Å². The summed E-state index contributed by atoms with van der Waals surface area (Å²) in [6.07, 6.45) is 5.20. The van der Waals surface area contributed by atoms with Gasteiger partial charge in [0.05, 0.1) is 0 Å². The fourth-order valence-electron chi connectivity index (χ4n) is 1.41. The van der Waals surface area contributed by atoms with Crippen LogP contribution in [0.2, 0.25) is 0 Å². The number of aromatic nitrogens is 2. The summed E-state index contributed by atoms with van der Waals surface area (Å²) in [4.78, 5) is 9.01. The molecule has 3 nitrogen and oxygen atoms in total. The molecule has 1 N–H and O–H groups in total. The summed E-state index contributed by atoms with van der Waals surface area (Å²) in [6, 6.07) is 0. The highest BCUT2D eigenvalue weighted by molar-refractivity contribution is 7.98. The van der Waals surface area contributed by atoms with Crippen molar-refractivity contribution < 1.29 is 0 Å². The van der Waals surface area contributed by atoms with Crippen LogP contribution in [0.1, 0.15) is 38.6 Å². The molecule has 17 heavy (non-hydrogen) atoms. The summed E-state index contributed by atoms with van der Waals surface area (Å²) < 4.78 is 0. The molecule has 0 spiro atoms. The monoisotopic (exact) mass is 253 g/mol. The summed E-state index contributed by atoms with van der Waals surface area (Å²) in [7, 11) is 0. The van der Waals surface area contributed by atoms with Crippen LogP contribution in [0.4, 0.5) is 5.82 Å². The molecule has 0 unspecified atom stereocenters. The lowest BCUT2D eigenvalue weighted by Crippen LogP contribution is -2.18. The van der Waals surface area contributed by atoms with E-state index in [-0.39, 0.29) is 5.41 Å². The molecule has 0 aliphatic rings. The smallest absolute Gasteiger partial charge is 0.135 e. The van der Waals surface area contributed by atoms with Crippen molar-refractivity contribution in [3.63, 3.8) is 0 Å². The topological polar surface area (TPSA) is 37.8 Å². The van der Waals surface area contributed by atoms with Crippen LogP contribution in [0.5, 0.6) is 0 Å². The van der Waals surface area contributed by atoms with Gasteiger partial charge in [0.25, 0.3) is 0 Å². The minimum absolute atomic E-state index is 0.00337. The average molecular weight is 253 g/mol. The summed E-state index contributed by atoms with van der Waals surface area (Å²) in [5, 5.41) is 3.40. The fraction of sp³-hybridized carbons (Fsp3) is 0.692. The van der Waals surface area contributed by atoms with Gasteiger partial charge in [0.2, 0.25) is 0 Å². The third-order valence-corrected chi connectivity index (χ3v) is 3.16. The molecule has 0 aliphatic carbocycles. The molecule has 1 aromatic heterocycles. The summed E-state index contributed by atoms with van der Waals surface area (Å²) >= 11 is 1.88. The van der Waals surface area contributed by atoms with E-state index in [9.17, 15) is 0 Å². The Morgan fingerprint density at radius 1 is 1.35 bits per heavy atom. The SMILES string of the molecule is CSCCCNc1nc(C(C)(C)C)ncc1C. The van der Waals surface area contributed by atoms with E-state index in [0.29, 0.717) is 0 Å². The minimum atomic E-state index is 0.00337. The minimum Gasteiger partial charge on any atom is -0.370 e. The average Bonchev–Trinajstić information content (AvgIpc) is 2.25. The number of nitrogens with one attached hydrogen (secondary N) is 1. The molecule has 1 aromatic rings. The highest BCUT2D eigenvalue weighted by Gasteiger charge is 2.18. The van der Waals surface area contributed by atoms with Gasteiger partial charge in [-0.3, -0.25) is 0 Å². The molecule has 1 heterocycles. The zero-order chi connectivity index (χ0) is 12.9. The van der Waals surface area contributed by atoms with E-state index in [4.69, 9.17) is 0 Å². The molecule has 0 fully saturated rings. The third kappa shape index (κ3) is 4.54. The van der Waals surface area contributed by atoms with Crippen molar-refractivity contribution in [3.8, 4) is 0 Å². The molecule has 0 radical (unpaired) electrons. The van der Waals surface area contributed by atoms with Crippen LogP contribution in [-0.2, 0) is 5.41 Å². The van der Waals surface area contributed by atoms with Gasteiger partial charge in [0, 0.05) is 23.7 Å². The van der Waals surface area contributed by atoms with Gasteiger partial charge in [0.1, 0.15) is 11.6 Å². The number of rotatable bonds is 5. The molecule has 0 amide bonds. The first-order valence-corrected chi connectivity index (χ1v) is 7.41. The van der Waals surface area contributed by atoms with Crippen molar-refractivity contribution >= 4 is 17.6 Å². The van der Waals surface area contributed by atoms with E-state index in [1.54, 1.807) is 0 Å². The zero-order valence-corrected chi connectivity index (χ0v) is 12.3. The lowest BCUT2D eigenvalue weighted by Gasteiger charge is -2.18. The van der Waals surface area contributed by atoms with E-state index in [1.807, 2.05) is 24.9 Å². The highest BCUT2D eigenvalue weighted by atomic mass is 32.2. The summed E-state index contributed by atoms with van der Waals surface area (Å²) in [5.41, 5.74) is 1.12. The van der Waals surface area contributed by atoms with Gasteiger partial charge in [-0.25, -0.2) is 9.97 Å². The van der Waals surface area contributed by atoms with Crippen LogP contribution >= 0.6 is 11.8 Å². The summed E-state index contributed by atoms with van der Waals surface area (Å²) in [5.74, 6) is 3.06. The maximum absolute atomic E-state index is 4.61. The van der Waals surface area contributed by atoms with Crippen molar-refractivity contribution in [2.45, 2.75) is 39.5 Å². The van der Waals surface area contributed by atoms with Gasteiger partial charge in [-0.15, -0.1) is 0 Å². The molecule has 0 atom stereocenters. The Kier molecular flexibility index (Phi) is 5.25. The van der Waals surface area contributed by atoms with Gasteiger partial charge >= 0.3 is 0 Å². The number of hydrogen-bond acceptors (Lipinski definition) is 4. The lowest BCUT2D eigenvalue weighted by atomic mass is 9.95. The van der Waals surface area contributed by atoms with Crippen LogP contribution in [0, 0.1) is 6.92 Å². The quantitative estimate of drug-likeness (QED) is 0.817. The first kappa shape index (κ1) is 14.3. The van der Waals surface area contributed by atoms with Crippen LogP contribution in [-0.4, -0.2) is 28.5 Å². The Labute approximate surface area is 109 Å². The Balaban J connectivity index is 2.70. The second-order valence-electron chi connectivity index (χ2n) is 5.25. The van der Waals surface area contributed by atoms with Crippen LogP contribution < -0.4 is 5.32 Å². The number of anilines is 1. The van der Waals surface area contributed by atoms with E-state index in [1.165, 1.54) is 5.75 Å². The molecule has 0 aromatic carbocycles. The Hall–Kier alpha value is -0.770. The van der Waals surface area contributed by atoms with Crippen LogP contribution in [0.15, 0.2) is 6.20 Å². The Morgan fingerprint density at radius 3 is 2.65 bits per heavy atom. The van der Waals surface area contributed by atoms with E-state index < -0.39 is 0 Å². The van der Waals surface area contributed by atoms with E-state index >= 15 is 0 Å². The van der Waals surface area contributed by atoms with Crippen molar-refractivity contribution in [2.75, 3.05) is 23.9 Å². The van der Waals surface area contributed by atoms with Gasteiger partial charge in [0.15, 0.2) is 0 Å². The van der Waals surface area contributed by atoms with Gasteiger partial charge < -0.3 is 5.32 Å². The van der Waals surface area contributed by atoms with Crippen molar-refractivity contribution in [1.29, 1.82) is 0 Å². The number of thioether (sulfide) groups is 1. The molecular formula is C13H23N3S. The third-order valence-electron chi connectivity index (χ3n) is 2.46. The maximum Gasteiger partial charge on any atom is 0.135 e. The molecule has 1 rings (SSSR count). The van der Waals surface area contributed by atoms with Gasteiger partial charge in [-0.05, 0) is 25.4 Å². The predicted octanol–water partition coefficient (Wildman–Crippen LogP) is 3.25. The molecule has 0 saturated carbocycles. The van der Waals surface area contributed by atoms with Crippen LogP contribution in [0.3, 0.4) is 0 Å². The first-order valence-electron chi connectivity index (χ1n) is 6.02. The van der Waals surface area contributed by atoms with E-state index in [0.717, 1.165) is 30.2 Å². The summed E-state index contributed by atoms with van der Waals surface area (Å²) in [6.45, 7) is 9.42. The molecular weight excluding hydrogens is 230 g/mol. The van der Waals surface area contributed by atoms with Crippen LogP contribution in [0.25, 0.3) is 0 Å². The van der Waals surface area contributed by atoms with E-state index in [2.05, 4.69) is 42.3 Å². The Morgan fingerprint density at radius 2 is 2.06 bits per heavy atom. The molecule has 0 saturated heterocycles. The van der Waals surface area contributed by atoms with Crippen molar-refractivity contribution in [2.24, 2.45) is 0 Å². The second-order valence-corrected chi connectivity index (χ2v) is 6.23. The highest BCUT2D eigenvalue weighted by Crippen LogP contribution is 2.20. The predicted molar refractivity (Wildman–Crippen MR) is 77.0 cm³/mol. The standard InChI is InChI=1S/C13H23N3S/c1-10-9-15-12(13(2,3)4)16-11(10)14-7-6-8-17-5/h9H,6-8H2,1-5H3,(H,14,15,16). The van der Waals surface area contributed by atoms with Gasteiger partial charge in [-0.1, -0.05) is 20.8 Å². The first-order chi connectivity index (χ1) is 7.95. The molecule has 96 valence electrons. The molecule has 4 heteroatoms.